The van der Waals surface area contributed by atoms with Gasteiger partial charge in [-0.05, 0) is 41.6 Å². The molecule has 0 saturated heterocycles. The maximum atomic E-state index is 13.4. The van der Waals surface area contributed by atoms with E-state index < -0.39 is 26.7 Å². The number of amides is 1. The van der Waals surface area contributed by atoms with Crippen molar-refractivity contribution in [3.05, 3.63) is 81.8 Å². The number of ether oxygens (including phenoxy) is 1. The zero-order chi connectivity index (χ0) is 27.6. The average Bonchev–Trinajstić information content (AvgIpc) is 2.88. The number of carbonyl (C=O) groups excluding carboxylic acids is 1. The Balaban J connectivity index is 0.00000420. The molecule has 4 aromatic rings. The molecule has 0 aliphatic rings. The Labute approximate surface area is 256 Å². The molecule has 0 radical (unpaired) electrons. The number of hydrogen-bond acceptors (Lipinski definition) is 7. The summed E-state index contributed by atoms with van der Waals surface area (Å²) in [7, 11) is -3.17. The van der Waals surface area contributed by atoms with Gasteiger partial charge in [0, 0.05) is 17.0 Å². The molecule has 2 N–H and O–H groups in total. The van der Waals surface area contributed by atoms with E-state index in [1.54, 1.807) is 43.3 Å². The largest absolute Gasteiger partial charge is 1.00 e. The van der Waals surface area contributed by atoms with E-state index in [0.717, 1.165) is 0 Å². The fourth-order valence-electron chi connectivity index (χ4n) is 3.82. The topological polar surface area (TPSA) is 140 Å². The number of hydrogen-bond donors (Lipinski definition) is 2. The second kappa shape index (κ2) is 12.6. The maximum Gasteiger partial charge on any atom is 1.00 e. The third kappa shape index (κ3) is 6.55. The fraction of sp³-hybridized carbons (Fsp3) is 0.115. The van der Waals surface area contributed by atoms with E-state index in [4.69, 9.17) is 27.9 Å². The molecule has 0 spiro atoms. The Hall–Kier alpha value is -2.70. The van der Waals surface area contributed by atoms with Gasteiger partial charge >= 0.3 is 29.6 Å². The molecule has 0 heterocycles. The van der Waals surface area contributed by atoms with Gasteiger partial charge in [-0.2, -0.15) is 13.5 Å². The summed E-state index contributed by atoms with van der Waals surface area (Å²) in [5.74, 6) is -0.942. The van der Waals surface area contributed by atoms with Crippen LogP contribution in [0.5, 0.6) is 11.5 Å². The molecule has 39 heavy (non-hydrogen) atoms. The van der Waals surface area contributed by atoms with E-state index in [-0.39, 0.29) is 68.6 Å². The van der Waals surface area contributed by atoms with Gasteiger partial charge in [-0.15, -0.1) is 5.11 Å². The predicted octanol–water partition coefficient (Wildman–Crippen LogP) is 3.71. The molecule has 1 amide bonds. The summed E-state index contributed by atoms with van der Waals surface area (Å²) < 4.78 is 38.6. The Morgan fingerprint density at radius 3 is 2.44 bits per heavy atom. The van der Waals surface area contributed by atoms with Gasteiger partial charge < -0.3 is 15.2 Å². The number of nitrogens with zero attached hydrogens (tertiary/aromatic N) is 2. The van der Waals surface area contributed by atoms with Crippen LogP contribution in [0.2, 0.25) is 10.0 Å². The van der Waals surface area contributed by atoms with Crippen molar-refractivity contribution >= 4 is 67.1 Å². The number of carbonyl (C=O) groups is 1. The third-order valence-electron chi connectivity index (χ3n) is 5.70. The second-order valence-electron chi connectivity index (χ2n) is 8.04. The smallest absolute Gasteiger partial charge is 0.870 e. The van der Waals surface area contributed by atoms with Gasteiger partial charge in [0.25, 0.3) is 16.0 Å². The minimum atomic E-state index is -4.65. The standard InChI is InChI=1S/C26H21Cl2N3O6S.Na/c1-3-14-8-10-21(22(28)25(14)38(34,35)36)30-31-23-17-7-5-4-6-15(17)12-18(24(23)32)26(33)29-20-11-9-16(37-2)13-19(20)27;/h4-13,32H,3H2,1-2H3,(H,29,33)(H,34,35,36);/q;+1/p-1. The zero-order valence-corrected chi connectivity index (χ0v) is 25.4. The normalized spacial score (nSPS) is 11.4. The van der Waals surface area contributed by atoms with Crippen LogP contribution in [0.15, 0.2) is 75.8 Å². The van der Waals surface area contributed by atoms with Crippen molar-refractivity contribution in [2.45, 2.75) is 18.2 Å². The molecule has 0 atom stereocenters. The Morgan fingerprint density at radius 1 is 1.08 bits per heavy atom. The van der Waals surface area contributed by atoms with Crippen molar-refractivity contribution in [3.8, 4) is 11.5 Å². The number of methoxy groups -OCH3 is 1. The molecule has 196 valence electrons. The number of halogens is 2. The maximum absolute atomic E-state index is 13.4. The monoisotopic (exact) mass is 595 g/mol. The van der Waals surface area contributed by atoms with Crippen LogP contribution >= 0.6 is 23.2 Å². The summed E-state index contributed by atoms with van der Waals surface area (Å²) in [6, 6.07) is 15.7. The number of fused-ring (bicyclic) bond motifs is 1. The average molecular weight is 596 g/mol. The van der Waals surface area contributed by atoms with Crippen molar-refractivity contribution in [2.75, 3.05) is 12.4 Å². The van der Waals surface area contributed by atoms with Gasteiger partial charge in [-0.3, -0.25) is 9.35 Å². The molecule has 0 aliphatic carbocycles. The molecule has 0 unspecified atom stereocenters. The minimum Gasteiger partial charge on any atom is -0.870 e. The van der Waals surface area contributed by atoms with E-state index in [2.05, 4.69) is 15.5 Å². The molecule has 13 heteroatoms. The van der Waals surface area contributed by atoms with Crippen molar-refractivity contribution in [1.82, 2.24) is 0 Å². The first-order valence-electron chi connectivity index (χ1n) is 11.1. The number of anilines is 1. The van der Waals surface area contributed by atoms with E-state index >= 15 is 0 Å². The van der Waals surface area contributed by atoms with Gasteiger partial charge in [0.15, 0.2) is 0 Å². The molecule has 4 rings (SSSR count). The van der Waals surface area contributed by atoms with Crippen LogP contribution in [0.3, 0.4) is 0 Å². The summed E-state index contributed by atoms with van der Waals surface area (Å²) >= 11 is 12.5. The number of nitrogens with one attached hydrogen (secondary N) is 1. The van der Waals surface area contributed by atoms with Gasteiger partial charge in [-0.25, -0.2) is 0 Å². The molecule has 0 bridgehead atoms. The summed E-state index contributed by atoms with van der Waals surface area (Å²) in [6.45, 7) is 1.70. The van der Waals surface area contributed by atoms with Crippen LogP contribution in [0.25, 0.3) is 10.8 Å². The molecule has 0 aliphatic heterocycles. The van der Waals surface area contributed by atoms with Crippen LogP contribution < -0.4 is 44.7 Å². The molecule has 9 nitrogen and oxygen atoms in total. The number of rotatable bonds is 7. The predicted molar refractivity (Wildman–Crippen MR) is 144 cm³/mol. The Kier molecular flexibility index (Phi) is 10.0. The fourth-order valence-corrected chi connectivity index (χ4v) is 5.42. The van der Waals surface area contributed by atoms with E-state index in [1.807, 2.05) is 0 Å². The quantitative estimate of drug-likeness (QED) is 0.189. The van der Waals surface area contributed by atoms with E-state index in [9.17, 15) is 22.9 Å². The van der Waals surface area contributed by atoms with Crippen molar-refractivity contribution in [2.24, 2.45) is 10.2 Å². The minimum absolute atomic E-state index is 0. The second-order valence-corrected chi connectivity index (χ2v) is 10.2. The van der Waals surface area contributed by atoms with Crippen LogP contribution in [-0.2, 0) is 16.5 Å². The van der Waals surface area contributed by atoms with E-state index in [1.165, 1.54) is 31.4 Å². The first-order chi connectivity index (χ1) is 18.0. The summed E-state index contributed by atoms with van der Waals surface area (Å²) in [4.78, 5) is 12.6. The summed E-state index contributed by atoms with van der Waals surface area (Å²) in [5.41, 5.74) is 0.115. The van der Waals surface area contributed by atoms with Gasteiger partial charge in [0.05, 0.1) is 28.5 Å². The van der Waals surface area contributed by atoms with Gasteiger partial charge in [-0.1, -0.05) is 66.2 Å². The number of aryl methyl sites for hydroxylation is 1. The molecule has 0 saturated carbocycles. The van der Waals surface area contributed by atoms with Crippen LogP contribution in [0, 0.1) is 0 Å². The zero-order valence-electron chi connectivity index (χ0n) is 21.0. The van der Waals surface area contributed by atoms with Crippen molar-refractivity contribution in [1.29, 1.82) is 0 Å². The molecule has 4 aromatic carbocycles. The third-order valence-corrected chi connectivity index (χ3v) is 7.49. The van der Waals surface area contributed by atoms with E-state index in [0.29, 0.717) is 22.1 Å². The van der Waals surface area contributed by atoms with Crippen molar-refractivity contribution < 1.29 is 57.2 Å². The molecular weight excluding hydrogens is 576 g/mol. The first kappa shape index (κ1) is 30.8. The summed E-state index contributed by atoms with van der Waals surface area (Å²) in [5, 5.41) is 24.9. The van der Waals surface area contributed by atoms with Crippen LogP contribution in [0.4, 0.5) is 17.1 Å². The van der Waals surface area contributed by atoms with Crippen molar-refractivity contribution in [3.63, 3.8) is 0 Å². The van der Waals surface area contributed by atoms with Gasteiger partial charge in [0.2, 0.25) is 0 Å². The molecule has 0 aromatic heterocycles. The van der Waals surface area contributed by atoms with Crippen LogP contribution in [-0.4, -0.2) is 26.0 Å². The SMILES string of the molecule is CCc1ccc(N=Nc2c([O-])c(C(=O)Nc3ccc(OC)cc3Cl)cc3ccccc23)c(Cl)c1S(=O)(=O)O.[Na+]. The summed E-state index contributed by atoms with van der Waals surface area (Å²) in [6.07, 6.45) is 0.289. The van der Waals surface area contributed by atoms with Gasteiger partial charge in [0.1, 0.15) is 16.3 Å². The van der Waals surface area contributed by atoms with Crippen LogP contribution in [0.1, 0.15) is 22.8 Å². The number of benzene rings is 4. The Morgan fingerprint density at radius 2 is 1.79 bits per heavy atom. The number of azo groups is 1. The molecular formula is C26H20Cl2N3NaO6S. The Bertz CT molecular complexity index is 1710. The molecule has 0 fully saturated rings. The first-order valence-corrected chi connectivity index (χ1v) is 13.3.